The molecule has 5 heteroatoms. The van der Waals surface area contributed by atoms with E-state index < -0.39 is 0 Å². The molecule has 0 saturated carbocycles. The van der Waals surface area contributed by atoms with Crippen molar-refractivity contribution in [2.75, 3.05) is 25.0 Å². The van der Waals surface area contributed by atoms with Gasteiger partial charge in [-0.2, -0.15) is 0 Å². The van der Waals surface area contributed by atoms with Gasteiger partial charge in [-0.25, -0.2) is 4.79 Å². The van der Waals surface area contributed by atoms with Crippen molar-refractivity contribution in [2.45, 2.75) is 12.8 Å². The third-order valence-corrected chi connectivity index (χ3v) is 3.35. The lowest BCUT2D eigenvalue weighted by Crippen LogP contribution is -2.30. The highest BCUT2D eigenvalue weighted by Gasteiger charge is 2.13. The molecule has 1 saturated heterocycles. The number of carbonyl (C=O) groups is 1. The summed E-state index contributed by atoms with van der Waals surface area (Å²) in [4.78, 5) is 11.6. The van der Waals surface area contributed by atoms with Gasteiger partial charge in [-0.05, 0) is 56.1 Å². The Balaban J connectivity index is 1.66. The van der Waals surface area contributed by atoms with Crippen LogP contribution in [-0.2, 0) is 0 Å². The Morgan fingerprint density at radius 1 is 1.39 bits per heavy atom. The predicted octanol–water partition coefficient (Wildman–Crippen LogP) is 2.46. The molecular weight excluding hydrogens is 250 g/mol. The second-order valence-electron chi connectivity index (χ2n) is 4.54. The average Bonchev–Trinajstić information content (AvgIpc) is 2.85. The molecule has 0 spiro atoms. The van der Waals surface area contributed by atoms with Crippen molar-refractivity contribution in [3.05, 3.63) is 29.3 Å². The van der Waals surface area contributed by atoms with Crippen LogP contribution in [0.2, 0.25) is 5.02 Å². The summed E-state index contributed by atoms with van der Waals surface area (Å²) in [5.74, 6) is 0.695. The molecular formula is C13H18ClN3O. The molecule has 0 aliphatic carbocycles. The Morgan fingerprint density at radius 2 is 2.17 bits per heavy atom. The molecule has 0 aromatic heterocycles. The number of benzene rings is 1. The Morgan fingerprint density at radius 3 is 2.83 bits per heavy atom. The summed E-state index contributed by atoms with van der Waals surface area (Å²) in [6.07, 6.45) is 2.24. The molecule has 18 heavy (non-hydrogen) atoms. The third-order valence-electron chi connectivity index (χ3n) is 3.10. The van der Waals surface area contributed by atoms with E-state index in [2.05, 4.69) is 16.0 Å². The van der Waals surface area contributed by atoms with Crippen LogP contribution in [0.15, 0.2) is 24.3 Å². The van der Waals surface area contributed by atoms with Crippen LogP contribution in [0.5, 0.6) is 0 Å². The molecule has 1 unspecified atom stereocenters. The highest BCUT2D eigenvalue weighted by molar-refractivity contribution is 6.30. The standard InChI is InChI=1S/C13H18ClN3O/c14-11-1-3-12(4-2-11)17-13(18)16-8-6-10-5-7-15-9-10/h1-4,10,15H,5-9H2,(H2,16,17,18). The van der Waals surface area contributed by atoms with Gasteiger partial charge in [0.2, 0.25) is 0 Å². The number of nitrogens with one attached hydrogen (secondary N) is 3. The van der Waals surface area contributed by atoms with Crippen LogP contribution in [-0.4, -0.2) is 25.7 Å². The van der Waals surface area contributed by atoms with Crippen LogP contribution in [0.3, 0.4) is 0 Å². The first-order valence-electron chi connectivity index (χ1n) is 6.25. The molecule has 1 atom stereocenters. The maximum absolute atomic E-state index is 11.6. The number of carbonyl (C=O) groups excluding carboxylic acids is 1. The fourth-order valence-corrected chi connectivity index (χ4v) is 2.19. The topological polar surface area (TPSA) is 53.2 Å². The van der Waals surface area contributed by atoms with Gasteiger partial charge in [-0.1, -0.05) is 11.6 Å². The summed E-state index contributed by atoms with van der Waals surface area (Å²) in [7, 11) is 0. The first kappa shape index (κ1) is 13.2. The van der Waals surface area contributed by atoms with E-state index in [0.29, 0.717) is 17.5 Å². The summed E-state index contributed by atoms with van der Waals surface area (Å²) in [5.41, 5.74) is 0.749. The van der Waals surface area contributed by atoms with Crippen molar-refractivity contribution in [1.82, 2.24) is 10.6 Å². The number of halogens is 1. The zero-order valence-electron chi connectivity index (χ0n) is 10.2. The summed E-state index contributed by atoms with van der Waals surface area (Å²) in [6.45, 7) is 2.88. The van der Waals surface area contributed by atoms with Gasteiger partial charge in [-0.15, -0.1) is 0 Å². The molecule has 1 aromatic rings. The van der Waals surface area contributed by atoms with Gasteiger partial charge in [0.25, 0.3) is 0 Å². The molecule has 3 N–H and O–H groups in total. The van der Waals surface area contributed by atoms with Crippen molar-refractivity contribution in [3.8, 4) is 0 Å². The van der Waals surface area contributed by atoms with Gasteiger partial charge in [0.05, 0.1) is 0 Å². The molecule has 1 fully saturated rings. The molecule has 2 rings (SSSR count). The molecule has 4 nitrogen and oxygen atoms in total. The fraction of sp³-hybridized carbons (Fsp3) is 0.462. The Labute approximate surface area is 112 Å². The number of hydrogen-bond acceptors (Lipinski definition) is 2. The van der Waals surface area contributed by atoms with Crippen molar-refractivity contribution >= 4 is 23.3 Å². The zero-order valence-corrected chi connectivity index (χ0v) is 11.0. The number of anilines is 1. The predicted molar refractivity (Wildman–Crippen MR) is 74.1 cm³/mol. The van der Waals surface area contributed by atoms with Crippen LogP contribution in [0.4, 0.5) is 10.5 Å². The first-order chi connectivity index (χ1) is 8.74. The number of hydrogen-bond donors (Lipinski definition) is 3. The van der Waals surface area contributed by atoms with E-state index in [1.165, 1.54) is 6.42 Å². The monoisotopic (exact) mass is 267 g/mol. The largest absolute Gasteiger partial charge is 0.338 e. The first-order valence-corrected chi connectivity index (χ1v) is 6.63. The van der Waals surface area contributed by atoms with Crippen LogP contribution >= 0.6 is 11.6 Å². The fourth-order valence-electron chi connectivity index (χ4n) is 2.06. The zero-order chi connectivity index (χ0) is 12.8. The highest BCUT2D eigenvalue weighted by atomic mass is 35.5. The summed E-state index contributed by atoms with van der Waals surface area (Å²) >= 11 is 5.77. The van der Waals surface area contributed by atoms with E-state index >= 15 is 0 Å². The van der Waals surface area contributed by atoms with E-state index in [1.54, 1.807) is 24.3 Å². The van der Waals surface area contributed by atoms with Gasteiger partial charge in [0.1, 0.15) is 0 Å². The van der Waals surface area contributed by atoms with Gasteiger partial charge in [0.15, 0.2) is 0 Å². The van der Waals surface area contributed by atoms with Gasteiger partial charge >= 0.3 is 6.03 Å². The van der Waals surface area contributed by atoms with Crippen LogP contribution < -0.4 is 16.0 Å². The molecule has 1 aliphatic heterocycles. The summed E-state index contributed by atoms with van der Waals surface area (Å²) in [6, 6.07) is 6.90. The lowest BCUT2D eigenvalue weighted by Gasteiger charge is -2.10. The van der Waals surface area contributed by atoms with Gasteiger partial charge in [-0.3, -0.25) is 0 Å². The van der Waals surface area contributed by atoms with E-state index in [9.17, 15) is 4.79 Å². The van der Waals surface area contributed by atoms with Crippen molar-refractivity contribution < 1.29 is 4.79 Å². The maximum Gasteiger partial charge on any atom is 0.319 e. The molecule has 1 heterocycles. The lowest BCUT2D eigenvalue weighted by atomic mass is 10.1. The maximum atomic E-state index is 11.6. The minimum Gasteiger partial charge on any atom is -0.338 e. The minimum absolute atomic E-state index is 0.164. The van der Waals surface area contributed by atoms with E-state index in [4.69, 9.17) is 11.6 Å². The van der Waals surface area contributed by atoms with Crippen molar-refractivity contribution in [3.63, 3.8) is 0 Å². The Kier molecular flexibility index (Phi) is 4.84. The molecule has 1 aliphatic rings. The average molecular weight is 268 g/mol. The number of urea groups is 1. The van der Waals surface area contributed by atoms with E-state index in [1.807, 2.05) is 0 Å². The van der Waals surface area contributed by atoms with Crippen molar-refractivity contribution in [1.29, 1.82) is 0 Å². The SMILES string of the molecule is O=C(NCCC1CCNC1)Nc1ccc(Cl)cc1. The lowest BCUT2D eigenvalue weighted by molar-refractivity contribution is 0.251. The van der Waals surface area contributed by atoms with Crippen LogP contribution in [0.1, 0.15) is 12.8 Å². The molecule has 2 amide bonds. The second-order valence-corrected chi connectivity index (χ2v) is 4.97. The van der Waals surface area contributed by atoms with Gasteiger partial charge < -0.3 is 16.0 Å². The minimum atomic E-state index is -0.164. The second kappa shape index (κ2) is 6.61. The summed E-state index contributed by atoms with van der Waals surface area (Å²) in [5, 5.41) is 9.61. The van der Waals surface area contributed by atoms with Gasteiger partial charge in [0, 0.05) is 17.3 Å². The smallest absolute Gasteiger partial charge is 0.319 e. The van der Waals surface area contributed by atoms with E-state index in [-0.39, 0.29) is 6.03 Å². The molecule has 98 valence electrons. The normalized spacial score (nSPS) is 18.6. The quantitative estimate of drug-likeness (QED) is 0.785. The highest BCUT2D eigenvalue weighted by Crippen LogP contribution is 2.13. The third kappa shape index (κ3) is 4.20. The summed E-state index contributed by atoms with van der Waals surface area (Å²) < 4.78 is 0. The molecule has 1 aromatic carbocycles. The van der Waals surface area contributed by atoms with Crippen molar-refractivity contribution in [2.24, 2.45) is 5.92 Å². The Hall–Kier alpha value is -1.26. The number of rotatable bonds is 4. The molecule has 0 radical (unpaired) electrons. The number of amides is 2. The van der Waals surface area contributed by atoms with Crippen LogP contribution in [0.25, 0.3) is 0 Å². The van der Waals surface area contributed by atoms with Crippen LogP contribution in [0, 0.1) is 5.92 Å². The Bertz CT molecular complexity index is 388. The molecule has 0 bridgehead atoms. The van der Waals surface area contributed by atoms with E-state index in [0.717, 1.165) is 25.2 Å².